The Bertz CT molecular complexity index is 138. The van der Waals surface area contributed by atoms with Gasteiger partial charge in [-0.25, -0.2) is 8.78 Å². The molecule has 0 aromatic rings. The van der Waals surface area contributed by atoms with E-state index in [9.17, 15) is 8.78 Å². The van der Waals surface area contributed by atoms with Crippen molar-refractivity contribution in [2.75, 3.05) is 13.2 Å². The summed E-state index contributed by atoms with van der Waals surface area (Å²) in [5, 5.41) is 8.60. The Balaban J connectivity index is 2.57. The lowest BCUT2D eigenvalue weighted by Crippen LogP contribution is -2.29. The molecule has 0 unspecified atom stereocenters. The maximum absolute atomic E-state index is 12.4. The first-order valence-corrected chi connectivity index (χ1v) is 3.10. The van der Waals surface area contributed by atoms with Gasteiger partial charge in [0, 0.05) is 6.42 Å². The number of halogens is 2. The summed E-state index contributed by atoms with van der Waals surface area (Å²) in [4.78, 5) is 0. The van der Waals surface area contributed by atoms with Gasteiger partial charge in [0.1, 0.15) is 6.61 Å². The molecule has 1 aliphatic heterocycles. The Labute approximate surface area is 57.8 Å². The molecule has 1 aliphatic rings. The van der Waals surface area contributed by atoms with Crippen molar-refractivity contribution in [3.8, 4) is 0 Å². The minimum Gasteiger partial charge on any atom is -0.393 e. The smallest absolute Gasteiger partial charge is 0.273 e. The molecule has 2 nitrogen and oxygen atoms in total. The monoisotopic (exact) mass is 152 g/mol. The van der Waals surface area contributed by atoms with E-state index in [0.29, 0.717) is 0 Å². The normalized spacial score (nSPS) is 38.4. The van der Waals surface area contributed by atoms with Crippen LogP contribution in [0.3, 0.4) is 0 Å². The maximum Gasteiger partial charge on any atom is 0.273 e. The van der Waals surface area contributed by atoms with Crippen LogP contribution in [-0.2, 0) is 4.74 Å². The van der Waals surface area contributed by atoms with Gasteiger partial charge in [0.05, 0.1) is 12.2 Å². The minimum atomic E-state index is -2.75. The van der Waals surface area contributed by atoms with Crippen LogP contribution in [0.25, 0.3) is 0 Å². The fourth-order valence-corrected chi connectivity index (χ4v) is 1.03. The topological polar surface area (TPSA) is 29.5 Å². The summed E-state index contributed by atoms with van der Waals surface area (Å²) < 4.78 is 29.5. The van der Waals surface area contributed by atoms with E-state index in [2.05, 4.69) is 0 Å². The van der Waals surface area contributed by atoms with Crippen LogP contribution < -0.4 is 0 Å². The van der Waals surface area contributed by atoms with Crippen LogP contribution in [0.5, 0.6) is 0 Å². The fraction of sp³-hybridized carbons (Fsp3) is 1.00. The van der Waals surface area contributed by atoms with Gasteiger partial charge < -0.3 is 9.84 Å². The standard InChI is InChI=1S/C6H10F2O2/c1-5(3-9)2-6(7,8)4-10-5/h9H,2-4H2,1H3/t5-/m0/s1. The summed E-state index contributed by atoms with van der Waals surface area (Å²) in [6.07, 6.45) is -0.378. The highest BCUT2D eigenvalue weighted by Gasteiger charge is 2.47. The van der Waals surface area contributed by atoms with Crippen molar-refractivity contribution in [3.63, 3.8) is 0 Å². The molecule has 0 aliphatic carbocycles. The molecule has 0 aromatic heterocycles. The molecule has 1 fully saturated rings. The SMILES string of the molecule is C[C@@]1(CO)CC(F)(F)CO1. The van der Waals surface area contributed by atoms with E-state index in [0.717, 1.165) is 0 Å². The van der Waals surface area contributed by atoms with E-state index in [1.54, 1.807) is 0 Å². The van der Waals surface area contributed by atoms with Crippen molar-refractivity contribution in [2.24, 2.45) is 0 Å². The second-order valence-corrected chi connectivity index (χ2v) is 2.93. The van der Waals surface area contributed by atoms with Gasteiger partial charge in [-0.05, 0) is 6.92 Å². The maximum atomic E-state index is 12.4. The third kappa shape index (κ3) is 1.44. The average molecular weight is 152 g/mol. The Morgan fingerprint density at radius 1 is 1.60 bits per heavy atom. The number of aliphatic hydroxyl groups excluding tert-OH is 1. The van der Waals surface area contributed by atoms with Crippen molar-refractivity contribution < 1.29 is 18.6 Å². The van der Waals surface area contributed by atoms with Crippen LogP contribution >= 0.6 is 0 Å². The van der Waals surface area contributed by atoms with Crippen LogP contribution in [0.15, 0.2) is 0 Å². The Hall–Kier alpha value is -0.220. The first-order chi connectivity index (χ1) is 4.47. The van der Waals surface area contributed by atoms with Crippen molar-refractivity contribution in [1.29, 1.82) is 0 Å². The third-order valence-corrected chi connectivity index (χ3v) is 1.60. The number of hydrogen-bond donors (Lipinski definition) is 1. The number of aliphatic hydroxyl groups is 1. The summed E-state index contributed by atoms with van der Waals surface area (Å²) >= 11 is 0. The van der Waals surface area contributed by atoms with Crippen LogP contribution in [0.2, 0.25) is 0 Å². The van der Waals surface area contributed by atoms with Gasteiger partial charge in [-0.1, -0.05) is 0 Å². The third-order valence-electron chi connectivity index (χ3n) is 1.60. The molecule has 1 atom stereocenters. The minimum absolute atomic E-state index is 0.345. The summed E-state index contributed by atoms with van der Waals surface area (Å²) in [6.45, 7) is 0.570. The second-order valence-electron chi connectivity index (χ2n) is 2.93. The summed E-state index contributed by atoms with van der Waals surface area (Å²) in [5.41, 5.74) is -1.02. The van der Waals surface area contributed by atoms with Gasteiger partial charge in [0.25, 0.3) is 5.92 Å². The Morgan fingerprint density at radius 2 is 2.20 bits per heavy atom. The lowest BCUT2D eigenvalue weighted by atomic mass is 10.0. The summed E-state index contributed by atoms with van der Waals surface area (Å²) in [6, 6.07) is 0. The molecule has 1 saturated heterocycles. The van der Waals surface area contributed by atoms with Crippen molar-refractivity contribution >= 4 is 0 Å². The highest BCUT2D eigenvalue weighted by Crippen LogP contribution is 2.36. The molecule has 4 heteroatoms. The molecule has 1 rings (SSSR count). The second kappa shape index (κ2) is 2.13. The van der Waals surface area contributed by atoms with Crippen molar-refractivity contribution in [3.05, 3.63) is 0 Å². The molecule has 0 radical (unpaired) electrons. The van der Waals surface area contributed by atoms with Crippen LogP contribution in [0.4, 0.5) is 8.78 Å². The zero-order chi connectivity index (χ0) is 7.83. The van der Waals surface area contributed by atoms with Crippen LogP contribution in [0, 0.1) is 0 Å². The van der Waals surface area contributed by atoms with Crippen molar-refractivity contribution in [2.45, 2.75) is 24.9 Å². The van der Waals surface area contributed by atoms with E-state index < -0.39 is 18.1 Å². The average Bonchev–Trinajstić information content (AvgIpc) is 2.08. The molecule has 0 amide bonds. The number of alkyl halides is 2. The molecular weight excluding hydrogens is 142 g/mol. The van der Waals surface area contributed by atoms with Crippen LogP contribution in [0.1, 0.15) is 13.3 Å². The zero-order valence-corrected chi connectivity index (χ0v) is 5.73. The molecule has 1 N–H and O–H groups in total. The molecular formula is C6H10F2O2. The van der Waals surface area contributed by atoms with E-state index in [1.165, 1.54) is 6.92 Å². The lowest BCUT2D eigenvalue weighted by Gasteiger charge is -2.18. The highest BCUT2D eigenvalue weighted by atomic mass is 19.3. The first kappa shape index (κ1) is 7.88. The quantitative estimate of drug-likeness (QED) is 0.602. The Morgan fingerprint density at radius 3 is 2.40 bits per heavy atom. The summed E-state index contributed by atoms with van der Waals surface area (Å²) in [7, 11) is 0. The molecule has 1 heterocycles. The fourth-order valence-electron chi connectivity index (χ4n) is 1.03. The molecule has 0 spiro atoms. The molecule has 0 bridgehead atoms. The van der Waals surface area contributed by atoms with Gasteiger partial charge in [0.15, 0.2) is 0 Å². The van der Waals surface area contributed by atoms with Gasteiger partial charge in [0.2, 0.25) is 0 Å². The molecule has 60 valence electrons. The van der Waals surface area contributed by atoms with Crippen molar-refractivity contribution in [1.82, 2.24) is 0 Å². The molecule has 10 heavy (non-hydrogen) atoms. The van der Waals surface area contributed by atoms with Gasteiger partial charge in [-0.2, -0.15) is 0 Å². The van der Waals surface area contributed by atoms with E-state index in [1.807, 2.05) is 0 Å². The predicted octanol–water partition coefficient (Wildman–Crippen LogP) is 0.793. The van der Waals surface area contributed by atoms with Crippen LogP contribution in [-0.4, -0.2) is 29.8 Å². The summed E-state index contributed by atoms with van der Waals surface area (Å²) in [5.74, 6) is -2.75. The van der Waals surface area contributed by atoms with Gasteiger partial charge >= 0.3 is 0 Å². The lowest BCUT2D eigenvalue weighted by molar-refractivity contribution is -0.0362. The van der Waals surface area contributed by atoms with E-state index in [-0.39, 0.29) is 13.0 Å². The first-order valence-electron chi connectivity index (χ1n) is 3.10. The zero-order valence-electron chi connectivity index (χ0n) is 5.73. The Kier molecular flexibility index (Phi) is 1.68. The molecule has 0 aromatic carbocycles. The van der Waals surface area contributed by atoms with E-state index >= 15 is 0 Å². The number of hydrogen-bond acceptors (Lipinski definition) is 2. The van der Waals surface area contributed by atoms with Gasteiger partial charge in [-0.3, -0.25) is 0 Å². The molecule has 0 saturated carbocycles. The highest BCUT2D eigenvalue weighted by molar-refractivity contribution is 4.89. The number of rotatable bonds is 1. The van der Waals surface area contributed by atoms with Gasteiger partial charge in [-0.15, -0.1) is 0 Å². The largest absolute Gasteiger partial charge is 0.393 e. The van der Waals surface area contributed by atoms with E-state index in [4.69, 9.17) is 9.84 Å². The predicted molar refractivity (Wildman–Crippen MR) is 31.0 cm³/mol. The number of ether oxygens (including phenoxy) is 1.